The van der Waals surface area contributed by atoms with Crippen LogP contribution in [0, 0.1) is 0 Å². The second-order valence-corrected chi connectivity index (χ2v) is 5.72. The molecule has 2 heterocycles. The number of nitrogens with one attached hydrogen (secondary N) is 3. The third-order valence-corrected chi connectivity index (χ3v) is 3.83. The standard InChI is InChI=1S/C16H18N6O3/c1-9(23)18-11-6-4-5-10(7-11)8-17-15-19-13-12(21(15)2)14(24)20-16(25)22(13)3/h4-7H,8H2,1-3H3,(H,17,19)(H,18,23)(H,20,24,25). The van der Waals surface area contributed by atoms with E-state index in [-0.39, 0.29) is 5.91 Å². The van der Waals surface area contributed by atoms with Gasteiger partial charge in [0.1, 0.15) is 0 Å². The highest BCUT2D eigenvalue weighted by Gasteiger charge is 2.14. The first-order valence-electron chi connectivity index (χ1n) is 7.63. The van der Waals surface area contributed by atoms with Crippen molar-refractivity contribution in [1.29, 1.82) is 0 Å². The molecular formula is C16H18N6O3. The molecule has 3 rings (SSSR count). The first kappa shape index (κ1) is 16.5. The predicted octanol–water partition coefficient (Wildman–Crippen LogP) is 0.531. The van der Waals surface area contributed by atoms with Crippen LogP contribution in [0.5, 0.6) is 0 Å². The summed E-state index contributed by atoms with van der Waals surface area (Å²) in [6.45, 7) is 1.89. The summed E-state index contributed by atoms with van der Waals surface area (Å²) in [7, 11) is 3.25. The fourth-order valence-electron chi connectivity index (χ4n) is 2.61. The zero-order chi connectivity index (χ0) is 18.1. The molecule has 0 aliphatic carbocycles. The lowest BCUT2D eigenvalue weighted by Gasteiger charge is -2.08. The fourth-order valence-corrected chi connectivity index (χ4v) is 2.61. The molecule has 1 amide bonds. The topological polar surface area (TPSA) is 114 Å². The Balaban J connectivity index is 1.89. The van der Waals surface area contributed by atoms with E-state index in [1.165, 1.54) is 11.5 Å². The Morgan fingerprint density at radius 3 is 2.72 bits per heavy atom. The molecule has 0 saturated carbocycles. The zero-order valence-electron chi connectivity index (χ0n) is 14.1. The molecule has 0 unspecified atom stereocenters. The highest BCUT2D eigenvalue weighted by Crippen LogP contribution is 2.15. The molecule has 0 spiro atoms. The lowest BCUT2D eigenvalue weighted by atomic mass is 10.2. The van der Waals surface area contributed by atoms with E-state index in [0.29, 0.717) is 29.3 Å². The van der Waals surface area contributed by atoms with Crippen molar-refractivity contribution < 1.29 is 4.79 Å². The first-order chi connectivity index (χ1) is 11.9. The Kier molecular flexibility index (Phi) is 4.14. The summed E-state index contributed by atoms with van der Waals surface area (Å²) in [5.41, 5.74) is 1.28. The van der Waals surface area contributed by atoms with Crippen molar-refractivity contribution in [3.63, 3.8) is 0 Å². The van der Waals surface area contributed by atoms with E-state index >= 15 is 0 Å². The Labute approximate surface area is 142 Å². The van der Waals surface area contributed by atoms with Crippen molar-refractivity contribution in [2.75, 3.05) is 10.6 Å². The van der Waals surface area contributed by atoms with Crippen LogP contribution >= 0.6 is 0 Å². The van der Waals surface area contributed by atoms with E-state index in [4.69, 9.17) is 0 Å². The van der Waals surface area contributed by atoms with Gasteiger partial charge in [0.15, 0.2) is 11.2 Å². The molecule has 3 N–H and O–H groups in total. The predicted molar refractivity (Wildman–Crippen MR) is 94.6 cm³/mol. The quantitative estimate of drug-likeness (QED) is 0.640. The van der Waals surface area contributed by atoms with Crippen molar-refractivity contribution in [2.24, 2.45) is 14.1 Å². The Morgan fingerprint density at radius 1 is 1.24 bits per heavy atom. The number of aromatic amines is 1. The molecule has 9 nitrogen and oxygen atoms in total. The molecule has 130 valence electrons. The summed E-state index contributed by atoms with van der Waals surface area (Å²) in [6.07, 6.45) is 0. The van der Waals surface area contributed by atoms with Crippen molar-refractivity contribution in [3.8, 4) is 0 Å². The van der Waals surface area contributed by atoms with E-state index in [1.807, 2.05) is 18.2 Å². The van der Waals surface area contributed by atoms with Gasteiger partial charge in [0.05, 0.1) is 0 Å². The van der Waals surface area contributed by atoms with Crippen LogP contribution < -0.4 is 21.9 Å². The highest BCUT2D eigenvalue weighted by molar-refractivity contribution is 5.88. The smallest absolute Gasteiger partial charge is 0.329 e. The number of amides is 1. The van der Waals surface area contributed by atoms with E-state index < -0.39 is 11.2 Å². The summed E-state index contributed by atoms with van der Waals surface area (Å²) in [5, 5.41) is 5.87. The maximum absolute atomic E-state index is 12.0. The number of carbonyl (C=O) groups excluding carboxylic acids is 1. The van der Waals surface area contributed by atoms with Crippen LogP contribution in [0.3, 0.4) is 0 Å². The summed E-state index contributed by atoms with van der Waals surface area (Å²) in [6, 6.07) is 7.39. The summed E-state index contributed by atoms with van der Waals surface area (Å²) in [4.78, 5) is 41.4. The molecule has 0 aliphatic heterocycles. The van der Waals surface area contributed by atoms with Crippen molar-refractivity contribution in [2.45, 2.75) is 13.5 Å². The molecule has 0 atom stereocenters. The maximum atomic E-state index is 12.0. The number of carbonyl (C=O) groups is 1. The number of fused-ring (bicyclic) bond motifs is 1. The summed E-state index contributed by atoms with van der Waals surface area (Å²) in [5.74, 6) is 0.326. The second-order valence-electron chi connectivity index (χ2n) is 5.72. The van der Waals surface area contributed by atoms with Crippen LogP contribution in [0.25, 0.3) is 11.2 Å². The number of anilines is 2. The number of rotatable bonds is 4. The number of imidazole rings is 1. The van der Waals surface area contributed by atoms with Gasteiger partial charge in [0.25, 0.3) is 5.56 Å². The van der Waals surface area contributed by atoms with Gasteiger partial charge in [-0.3, -0.25) is 19.1 Å². The molecule has 2 aromatic heterocycles. The van der Waals surface area contributed by atoms with Gasteiger partial charge in [-0.25, -0.2) is 4.79 Å². The molecule has 0 aliphatic rings. The number of hydrogen-bond acceptors (Lipinski definition) is 5. The van der Waals surface area contributed by atoms with Crippen LogP contribution in [-0.4, -0.2) is 25.0 Å². The third kappa shape index (κ3) is 3.16. The molecule has 9 heteroatoms. The number of aromatic nitrogens is 4. The van der Waals surface area contributed by atoms with E-state index in [1.54, 1.807) is 24.7 Å². The Morgan fingerprint density at radius 2 is 2.00 bits per heavy atom. The van der Waals surface area contributed by atoms with Crippen molar-refractivity contribution in [1.82, 2.24) is 19.1 Å². The van der Waals surface area contributed by atoms with E-state index in [9.17, 15) is 14.4 Å². The minimum Gasteiger partial charge on any atom is -0.352 e. The summed E-state index contributed by atoms with van der Waals surface area (Å²) >= 11 is 0. The van der Waals surface area contributed by atoms with Gasteiger partial charge in [0.2, 0.25) is 11.9 Å². The molecule has 0 bridgehead atoms. The van der Waals surface area contributed by atoms with Gasteiger partial charge in [-0.15, -0.1) is 0 Å². The first-order valence-corrected chi connectivity index (χ1v) is 7.63. The van der Waals surface area contributed by atoms with E-state index in [0.717, 1.165) is 5.56 Å². The van der Waals surface area contributed by atoms with Crippen LogP contribution in [0.15, 0.2) is 33.9 Å². The van der Waals surface area contributed by atoms with Gasteiger partial charge in [-0.1, -0.05) is 12.1 Å². The van der Waals surface area contributed by atoms with Crippen molar-refractivity contribution >= 4 is 28.7 Å². The van der Waals surface area contributed by atoms with Crippen molar-refractivity contribution in [3.05, 3.63) is 50.7 Å². The average Bonchev–Trinajstić information content (AvgIpc) is 2.88. The molecule has 0 saturated heterocycles. The Hall–Kier alpha value is -3.36. The number of H-pyrrole nitrogens is 1. The maximum Gasteiger partial charge on any atom is 0.329 e. The SMILES string of the molecule is CC(=O)Nc1cccc(CNc2nc3c(c(=O)[nH]c(=O)n3C)n2C)c1. The lowest BCUT2D eigenvalue weighted by molar-refractivity contribution is -0.114. The number of benzene rings is 1. The minimum absolute atomic E-state index is 0.138. The fraction of sp³-hybridized carbons (Fsp3) is 0.250. The average molecular weight is 342 g/mol. The molecule has 25 heavy (non-hydrogen) atoms. The molecule has 3 aromatic rings. The summed E-state index contributed by atoms with van der Waals surface area (Å²) < 4.78 is 2.89. The van der Waals surface area contributed by atoms with Gasteiger partial charge < -0.3 is 15.2 Å². The zero-order valence-corrected chi connectivity index (χ0v) is 14.1. The van der Waals surface area contributed by atoms with Gasteiger partial charge in [-0.05, 0) is 17.7 Å². The van der Waals surface area contributed by atoms with E-state index in [2.05, 4.69) is 20.6 Å². The monoisotopic (exact) mass is 342 g/mol. The lowest BCUT2D eigenvalue weighted by Crippen LogP contribution is -2.29. The van der Waals surface area contributed by atoms with Gasteiger partial charge in [-0.2, -0.15) is 4.98 Å². The molecular weight excluding hydrogens is 324 g/mol. The number of nitrogens with zero attached hydrogens (tertiary/aromatic N) is 3. The van der Waals surface area contributed by atoms with Crippen LogP contribution in [0.4, 0.5) is 11.6 Å². The number of hydrogen-bond donors (Lipinski definition) is 3. The largest absolute Gasteiger partial charge is 0.352 e. The Bertz CT molecular complexity index is 1080. The molecule has 0 radical (unpaired) electrons. The number of aryl methyl sites for hydroxylation is 2. The van der Waals surface area contributed by atoms with Crippen LogP contribution in [0.1, 0.15) is 12.5 Å². The molecule has 1 aromatic carbocycles. The van der Waals surface area contributed by atoms with Crippen LogP contribution in [-0.2, 0) is 25.4 Å². The molecule has 0 fully saturated rings. The minimum atomic E-state index is -0.509. The normalized spacial score (nSPS) is 10.8. The third-order valence-electron chi connectivity index (χ3n) is 3.83. The highest BCUT2D eigenvalue weighted by atomic mass is 16.2. The van der Waals surface area contributed by atoms with Gasteiger partial charge >= 0.3 is 5.69 Å². The van der Waals surface area contributed by atoms with Crippen LogP contribution in [0.2, 0.25) is 0 Å². The van der Waals surface area contributed by atoms with Gasteiger partial charge in [0, 0.05) is 33.3 Å². The second kappa shape index (κ2) is 6.27.